The normalized spacial score (nSPS) is 19.3. The number of nitrogens with zero attached hydrogens (tertiary/aromatic N) is 2. The molecule has 0 spiro atoms. The van der Waals surface area contributed by atoms with Crippen LogP contribution in [-0.2, 0) is 16.6 Å². The van der Waals surface area contributed by atoms with E-state index in [1.54, 1.807) is 0 Å². The zero-order chi connectivity index (χ0) is 14.7. The third-order valence-corrected chi connectivity index (χ3v) is 4.07. The first kappa shape index (κ1) is 14.2. The second kappa shape index (κ2) is 5.95. The van der Waals surface area contributed by atoms with Gasteiger partial charge < -0.3 is 15.0 Å². The van der Waals surface area contributed by atoms with Gasteiger partial charge >= 0.3 is 0 Å². The van der Waals surface area contributed by atoms with Crippen LogP contribution in [0.1, 0.15) is 37.0 Å². The zero-order valence-electron chi connectivity index (χ0n) is 12.3. The zero-order valence-corrected chi connectivity index (χ0v) is 12.3. The average molecular weight is 287 g/mol. The molecule has 1 unspecified atom stereocenters. The van der Waals surface area contributed by atoms with Crippen LogP contribution in [0.4, 0.5) is 0 Å². The highest BCUT2D eigenvalue weighted by Gasteiger charge is 2.40. The van der Waals surface area contributed by atoms with E-state index in [0.29, 0.717) is 25.5 Å². The summed E-state index contributed by atoms with van der Waals surface area (Å²) in [4.78, 5) is 4.61. The molecule has 5 nitrogen and oxygen atoms in total. The molecule has 2 N–H and O–H groups in total. The van der Waals surface area contributed by atoms with Crippen molar-refractivity contribution in [2.75, 3.05) is 13.2 Å². The van der Waals surface area contributed by atoms with Crippen LogP contribution < -0.4 is 5.73 Å². The van der Waals surface area contributed by atoms with Crippen molar-refractivity contribution in [1.82, 2.24) is 10.1 Å². The van der Waals surface area contributed by atoms with Crippen molar-refractivity contribution < 1.29 is 9.26 Å². The van der Waals surface area contributed by atoms with E-state index in [1.165, 1.54) is 5.56 Å². The Kier molecular flexibility index (Phi) is 4.03. The van der Waals surface area contributed by atoms with Crippen LogP contribution in [0.2, 0.25) is 0 Å². The summed E-state index contributed by atoms with van der Waals surface area (Å²) in [5, 5.41) is 4.24. The van der Waals surface area contributed by atoms with Gasteiger partial charge in [0.25, 0.3) is 0 Å². The highest BCUT2D eigenvalue weighted by molar-refractivity contribution is 5.33. The van der Waals surface area contributed by atoms with Crippen LogP contribution in [-0.4, -0.2) is 29.4 Å². The first-order valence-corrected chi connectivity index (χ1v) is 7.43. The van der Waals surface area contributed by atoms with Crippen molar-refractivity contribution in [1.29, 1.82) is 0 Å². The van der Waals surface area contributed by atoms with E-state index in [1.807, 2.05) is 13.0 Å². The fourth-order valence-electron chi connectivity index (χ4n) is 2.93. The SMILES string of the molecule is CC(N)Cc1nc(C2(c3ccccc3)CCOCC2)no1. The lowest BCUT2D eigenvalue weighted by Crippen LogP contribution is -2.36. The first-order valence-electron chi connectivity index (χ1n) is 7.43. The van der Waals surface area contributed by atoms with Gasteiger partial charge in [-0.25, -0.2) is 0 Å². The lowest BCUT2D eigenvalue weighted by atomic mass is 9.73. The summed E-state index contributed by atoms with van der Waals surface area (Å²) in [5.74, 6) is 1.37. The Labute approximate surface area is 124 Å². The maximum absolute atomic E-state index is 5.81. The van der Waals surface area contributed by atoms with Crippen LogP contribution in [0.15, 0.2) is 34.9 Å². The van der Waals surface area contributed by atoms with Gasteiger partial charge in [-0.15, -0.1) is 0 Å². The summed E-state index contributed by atoms with van der Waals surface area (Å²) < 4.78 is 10.9. The molecule has 2 aromatic rings. The third-order valence-electron chi connectivity index (χ3n) is 4.07. The summed E-state index contributed by atoms with van der Waals surface area (Å²) in [6, 6.07) is 10.4. The van der Waals surface area contributed by atoms with E-state index in [4.69, 9.17) is 15.0 Å². The van der Waals surface area contributed by atoms with Crippen molar-refractivity contribution in [3.63, 3.8) is 0 Å². The number of nitrogens with two attached hydrogens (primary N) is 1. The van der Waals surface area contributed by atoms with Crippen molar-refractivity contribution in [3.8, 4) is 0 Å². The highest BCUT2D eigenvalue weighted by Crippen LogP contribution is 2.39. The van der Waals surface area contributed by atoms with Gasteiger partial charge in [0.2, 0.25) is 5.89 Å². The summed E-state index contributed by atoms with van der Waals surface area (Å²) in [6.07, 6.45) is 2.34. The minimum absolute atomic E-state index is 0.0145. The van der Waals surface area contributed by atoms with Gasteiger partial charge in [0, 0.05) is 25.7 Å². The fraction of sp³-hybridized carbons (Fsp3) is 0.500. The van der Waals surface area contributed by atoms with E-state index >= 15 is 0 Å². The molecule has 3 rings (SSSR count). The van der Waals surface area contributed by atoms with Gasteiger partial charge in [-0.3, -0.25) is 0 Å². The van der Waals surface area contributed by atoms with Gasteiger partial charge in [0.05, 0.1) is 5.41 Å². The molecule has 21 heavy (non-hydrogen) atoms. The molecular formula is C16H21N3O2. The largest absolute Gasteiger partial charge is 0.381 e. The topological polar surface area (TPSA) is 74.2 Å². The second-order valence-corrected chi connectivity index (χ2v) is 5.75. The number of hydrogen-bond donors (Lipinski definition) is 1. The van der Waals surface area contributed by atoms with Crippen LogP contribution in [0.5, 0.6) is 0 Å². The van der Waals surface area contributed by atoms with Gasteiger partial charge in [0.15, 0.2) is 5.82 Å². The van der Waals surface area contributed by atoms with E-state index in [2.05, 4.69) is 34.4 Å². The molecule has 1 aromatic heterocycles. The molecule has 1 atom stereocenters. The van der Waals surface area contributed by atoms with Crippen molar-refractivity contribution in [3.05, 3.63) is 47.6 Å². The number of hydrogen-bond acceptors (Lipinski definition) is 5. The predicted octanol–water partition coefficient (Wildman–Crippen LogP) is 2.06. The van der Waals surface area contributed by atoms with Gasteiger partial charge in [-0.2, -0.15) is 4.98 Å². The van der Waals surface area contributed by atoms with Gasteiger partial charge in [-0.05, 0) is 25.3 Å². The molecule has 0 bridgehead atoms. The summed E-state index contributed by atoms with van der Waals surface area (Å²) in [7, 11) is 0. The van der Waals surface area contributed by atoms with Gasteiger partial charge in [-0.1, -0.05) is 35.5 Å². The van der Waals surface area contributed by atoms with Crippen LogP contribution in [0.25, 0.3) is 0 Å². The monoisotopic (exact) mass is 287 g/mol. The van der Waals surface area contributed by atoms with E-state index in [0.717, 1.165) is 18.7 Å². The minimum Gasteiger partial charge on any atom is -0.381 e. The summed E-state index contributed by atoms with van der Waals surface area (Å²) >= 11 is 0. The standard InChI is InChI=1S/C16H21N3O2/c1-12(17)11-14-18-15(19-21-14)16(7-9-20-10-8-16)13-5-3-2-4-6-13/h2-6,12H,7-11,17H2,1H3. The lowest BCUT2D eigenvalue weighted by Gasteiger charge is -2.34. The fourth-order valence-corrected chi connectivity index (χ4v) is 2.93. The first-order chi connectivity index (χ1) is 10.2. The molecule has 0 radical (unpaired) electrons. The average Bonchev–Trinajstić information content (AvgIpc) is 2.97. The van der Waals surface area contributed by atoms with Crippen LogP contribution >= 0.6 is 0 Å². The molecular weight excluding hydrogens is 266 g/mol. The number of rotatable bonds is 4. The smallest absolute Gasteiger partial charge is 0.228 e. The molecule has 5 heteroatoms. The number of benzene rings is 1. The van der Waals surface area contributed by atoms with E-state index < -0.39 is 0 Å². The highest BCUT2D eigenvalue weighted by atomic mass is 16.5. The molecule has 0 aliphatic carbocycles. The van der Waals surface area contributed by atoms with E-state index in [-0.39, 0.29) is 11.5 Å². The number of aromatic nitrogens is 2. The predicted molar refractivity (Wildman–Crippen MR) is 78.9 cm³/mol. The second-order valence-electron chi connectivity index (χ2n) is 5.75. The Hall–Kier alpha value is -1.72. The lowest BCUT2D eigenvalue weighted by molar-refractivity contribution is 0.0597. The Bertz CT molecular complexity index is 574. The van der Waals surface area contributed by atoms with Crippen LogP contribution in [0.3, 0.4) is 0 Å². The number of ether oxygens (including phenoxy) is 1. The molecule has 112 valence electrons. The molecule has 2 heterocycles. The Morgan fingerprint density at radius 2 is 1.95 bits per heavy atom. The molecule has 1 aromatic carbocycles. The Morgan fingerprint density at radius 1 is 1.24 bits per heavy atom. The maximum Gasteiger partial charge on any atom is 0.228 e. The maximum atomic E-state index is 5.81. The van der Waals surface area contributed by atoms with Crippen molar-refractivity contribution in [2.24, 2.45) is 5.73 Å². The molecule has 1 aliphatic rings. The van der Waals surface area contributed by atoms with Gasteiger partial charge in [0.1, 0.15) is 0 Å². The molecule has 0 amide bonds. The molecule has 1 saturated heterocycles. The quantitative estimate of drug-likeness (QED) is 0.931. The molecule has 1 aliphatic heterocycles. The van der Waals surface area contributed by atoms with Crippen LogP contribution in [0, 0.1) is 0 Å². The minimum atomic E-state index is -0.209. The van der Waals surface area contributed by atoms with Crippen molar-refractivity contribution in [2.45, 2.75) is 37.6 Å². The third kappa shape index (κ3) is 2.84. The van der Waals surface area contributed by atoms with E-state index in [9.17, 15) is 0 Å². The summed E-state index contributed by atoms with van der Waals surface area (Å²) in [6.45, 7) is 3.36. The van der Waals surface area contributed by atoms with Crippen molar-refractivity contribution >= 4 is 0 Å². The summed E-state index contributed by atoms with van der Waals surface area (Å²) in [5.41, 5.74) is 6.82. The Morgan fingerprint density at radius 3 is 2.62 bits per heavy atom. The molecule has 1 fully saturated rings. The molecule has 0 saturated carbocycles. The Balaban J connectivity index is 1.98.